The molecule has 2 aliphatic heterocycles. The maximum Gasteiger partial charge on any atom is 0.127 e. The van der Waals surface area contributed by atoms with Crippen LogP contribution in [0.15, 0.2) is 42.5 Å². The molecule has 0 aliphatic carbocycles. The summed E-state index contributed by atoms with van der Waals surface area (Å²) in [6.45, 7) is 2.63. The van der Waals surface area contributed by atoms with Crippen molar-refractivity contribution < 1.29 is 4.74 Å². The molecule has 1 saturated heterocycles. The van der Waals surface area contributed by atoms with Crippen molar-refractivity contribution in [1.82, 2.24) is 10.6 Å². The lowest BCUT2D eigenvalue weighted by Crippen LogP contribution is -2.45. The first kappa shape index (κ1) is 15.9. The zero-order valence-corrected chi connectivity index (χ0v) is 14.5. The zero-order valence-electron chi connectivity index (χ0n) is 13.7. The van der Waals surface area contributed by atoms with E-state index in [-0.39, 0.29) is 0 Å². The van der Waals surface area contributed by atoms with Crippen LogP contribution in [-0.4, -0.2) is 19.2 Å². The monoisotopic (exact) mass is 342 g/mol. The molecule has 1 fully saturated rings. The molecule has 4 rings (SSSR count). The number of hydrogen-bond donors (Lipinski definition) is 2. The van der Waals surface area contributed by atoms with Gasteiger partial charge >= 0.3 is 0 Å². The summed E-state index contributed by atoms with van der Waals surface area (Å²) < 4.78 is 5.82. The van der Waals surface area contributed by atoms with Crippen molar-refractivity contribution in [3.8, 4) is 5.75 Å². The largest absolute Gasteiger partial charge is 0.493 e. The molecule has 2 aromatic rings. The van der Waals surface area contributed by atoms with Gasteiger partial charge in [-0.25, -0.2) is 0 Å². The Balaban J connectivity index is 1.50. The van der Waals surface area contributed by atoms with Crippen molar-refractivity contribution in [2.24, 2.45) is 0 Å². The van der Waals surface area contributed by atoms with E-state index in [1.165, 1.54) is 29.5 Å². The summed E-state index contributed by atoms with van der Waals surface area (Å²) in [5, 5.41) is 8.21. The molecule has 0 aromatic heterocycles. The number of rotatable bonds is 4. The van der Waals surface area contributed by atoms with E-state index in [2.05, 4.69) is 41.0 Å². The smallest absolute Gasteiger partial charge is 0.127 e. The maximum absolute atomic E-state index is 6.28. The molecule has 2 heterocycles. The van der Waals surface area contributed by atoms with Gasteiger partial charge in [-0.3, -0.25) is 0 Å². The first-order valence-corrected chi connectivity index (χ1v) is 9.15. The molecule has 0 spiro atoms. The Morgan fingerprint density at radius 1 is 1.21 bits per heavy atom. The topological polar surface area (TPSA) is 33.3 Å². The van der Waals surface area contributed by atoms with Crippen LogP contribution in [-0.2, 0) is 13.0 Å². The standard InChI is InChI=1S/C20H23ClN2O/c21-17-11-15-8-10-24-20(15)16(12-17)13-23-18-7-4-9-22-19(18)14-5-2-1-3-6-14/h1-3,5-6,11-12,18-19,22-23H,4,7-10,13H2/t18-,19-/m0/s1. The van der Waals surface area contributed by atoms with E-state index in [0.717, 1.165) is 36.9 Å². The van der Waals surface area contributed by atoms with Crippen LogP contribution in [0.2, 0.25) is 5.02 Å². The lowest BCUT2D eigenvalue weighted by atomic mass is 9.92. The Bertz CT molecular complexity index is 704. The minimum absolute atomic E-state index is 0.355. The first-order chi connectivity index (χ1) is 11.8. The van der Waals surface area contributed by atoms with Crippen LogP contribution in [0, 0.1) is 0 Å². The Morgan fingerprint density at radius 2 is 2.08 bits per heavy atom. The van der Waals surface area contributed by atoms with E-state index >= 15 is 0 Å². The van der Waals surface area contributed by atoms with E-state index in [1.54, 1.807) is 0 Å². The van der Waals surface area contributed by atoms with Crippen molar-refractivity contribution in [1.29, 1.82) is 0 Å². The average molecular weight is 343 g/mol. The second-order valence-corrected chi connectivity index (χ2v) is 7.06. The predicted molar refractivity (Wildman–Crippen MR) is 97.7 cm³/mol. The normalized spacial score (nSPS) is 22.9. The molecular weight excluding hydrogens is 320 g/mol. The molecule has 0 radical (unpaired) electrons. The Kier molecular flexibility index (Phi) is 4.74. The Morgan fingerprint density at radius 3 is 2.96 bits per heavy atom. The Hall–Kier alpha value is -1.55. The van der Waals surface area contributed by atoms with Crippen LogP contribution in [0.1, 0.15) is 35.6 Å². The van der Waals surface area contributed by atoms with Gasteiger partial charge in [0.15, 0.2) is 0 Å². The number of hydrogen-bond acceptors (Lipinski definition) is 3. The first-order valence-electron chi connectivity index (χ1n) is 8.77. The van der Waals surface area contributed by atoms with Gasteiger partial charge in [0, 0.05) is 35.6 Å². The average Bonchev–Trinajstić information content (AvgIpc) is 3.09. The molecule has 2 atom stereocenters. The highest BCUT2D eigenvalue weighted by Crippen LogP contribution is 2.33. The fraction of sp³-hybridized carbons (Fsp3) is 0.400. The number of nitrogens with one attached hydrogen (secondary N) is 2. The quantitative estimate of drug-likeness (QED) is 0.885. The van der Waals surface area contributed by atoms with Crippen molar-refractivity contribution >= 4 is 11.6 Å². The second-order valence-electron chi connectivity index (χ2n) is 6.62. The van der Waals surface area contributed by atoms with Crippen LogP contribution in [0.25, 0.3) is 0 Å². The SMILES string of the molecule is Clc1cc2c(c(CN[C@H]3CCCN[C@H]3c3ccccc3)c1)OCC2. The summed E-state index contributed by atoms with van der Waals surface area (Å²) in [7, 11) is 0. The van der Waals surface area contributed by atoms with Gasteiger partial charge in [-0.2, -0.15) is 0 Å². The van der Waals surface area contributed by atoms with Crippen molar-refractivity contribution in [3.63, 3.8) is 0 Å². The van der Waals surface area contributed by atoms with Gasteiger partial charge in [0.25, 0.3) is 0 Å². The van der Waals surface area contributed by atoms with Crippen molar-refractivity contribution in [3.05, 3.63) is 64.2 Å². The third-order valence-electron chi connectivity index (χ3n) is 5.00. The van der Waals surface area contributed by atoms with Gasteiger partial charge in [-0.05, 0) is 42.6 Å². The van der Waals surface area contributed by atoms with E-state index in [4.69, 9.17) is 16.3 Å². The lowest BCUT2D eigenvalue weighted by molar-refractivity contribution is 0.301. The van der Waals surface area contributed by atoms with Crippen molar-refractivity contribution in [2.75, 3.05) is 13.2 Å². The summed E-state index contributed by atoms with van der Waals surface area (Å²) in [5.41, 5.74) is 3.76. The van der Waals surface area contributed by atoms with Crippen LogP contribution >= 0.6 is 11.6 Å². The fourth-order valence-corrected chi connectivity index (χ4v) is 4.10. The molecule has 2 N–H and O–H groups in total. The van der Waals surface area contributed by atoms with Crippen LogP contribution < -0.4 is 15.4 Å². The minimum atomic E-state index is 0.355. The van der Waals surface area contributed by atoms with Gasteiger partial charge in [-0.15, -0.1) is 0 Å². The van der Waals surface area contributed by atoms with Gasteiger partial charge in [0.1, 0.15) is 5.75 Å². The van der Waals surface area contributed by atoms with Crippen LogP contribution in [0.3, 0.4) is 0 Å². The number of ether oxygens (including phenoxy) is 1. The third kappa shape index (κ3) is 3.30. The van der Waals surface area contributed by atoms with Gasteiger partial charge < -0.3 is 15.4 Å². The number of benzene rings is 2. The highest BCUT2D eigenvalue weighted by atomic mass is 35.5. The molecule has 0 saturated carbocycles. The zero-order chi connectivity index (χ0) is 16.4. The summed E-state index contributed by atoms with van der Waals surface area (Å²) in [6, 6.07) is 15.5. The molecule has 4 heteroatoms. The highest BCUT2D eigenvalue weighted by Gasteiger charge is 2.26. The maximum atomic E-state index is 6.28. The van der Waals surface area contributed by atoms with Gasteiger partial charge in [0.2, 0.25) is 0 Å². The number of halogens is 1. The molecule has 0 amide bonds. The van der Waals surface area contributed by atoms with E-state index in [0.29, 0.717) is 12.1 Å². The summed E-state index contributed by atoms with van der Waals surface area (Å²) in [4.78, 5) is 0. The molecule has 2 aliphatic rings. The van der Waals surface area contributed by atoms with Gasteiger partial charge in [0.05, 0.1) is 6.61 Å². The summed E-state index contributed by atoms with van der Waals surface area (Å²) in [6.07, 6.45) is 3.34. The lowest BCUT2D eigenvalue weighted by Gasteiger charge is -2.34. The van der Waals surface area contributed by atoms with Crippen LogP contribution in [0.4, 0.5) is 0 Å². The minimum Gasteiger partial charge on any atom is -0.493 e. The molecule has 3 nitrogen and oxygen atoms in total. The predicted octanol–water partition coefficient (Wildman–Crippen LogP) is 3.86. The van der Waals surface area contributed by atoms with Crippen molar-refractivity contribution in [2.45, 2.75) is 37.9 Å². The third-order valence-corrected chi connectivity index (χ3v) is 5.22. The highest BCUT2D eigenvalue weighted by molar-refractivity contribution is 6.30. The van der Waals surface area contributed by atoms with E-state index in [9.17, 15) is 0 Å². The molecule has 24 heavy (non-hydrogen) atoms. The van der Waals surface area contributed by atoms with E-state index < -0.39 is 0 Å². The Labute approximate surface area is 148 Å². The van der Waals surface area contributed by atoms with Crippen LogP contribution in [0.5, 0.6) is 5.75 Å². The number of fused-ring (bicyclic) bond motifs is 1. The molecular formula is C20H23ClN2O. The molecule has 2 aromatic carbocycles. The molecule has 0 bridgehead atoms. The fourth-order valence-electron chi connectivity index (χ4n) is 3.84. The number of piperidine rings is 1. The molecule has 0 unspecified atom stereocenters. The summed E-state index contributed by atoms with van der Waals surface area (Å²) >= 11 is 6.28. The summed E-state index contributed by atoms with van der Waals surface area (Å²) in [5.74, 6) is 1.03. The molecule has 126 valence electrons. The van der Waals surface area contributed by atoms with Gasteiger partial charge in [-0.1, -0.05) is 41.9 Å². The second kappa shape index (κ2) is 7.14. The van der Waals surface area contributed by atoms with E-state index in [1.807, 2.05) is 12.1 Å².